The van der Waals surface area contributed by atoms with Crippen molar-refractivity contribution in [2.24, 2.45) is 4.99 Å². The number of aryl methyl sites for hydroxylation is 1. The van der Waals surface area contributed by atoms with E-state index < -0.39 is 0 Å². The summed E-state index contributed by atoms with van der Waals surface area (Å²) in [7, 11) is 0. The summed E-state index contributed by atoms with van der Waals surface area (Å²) in [6.07, 6.45) is 5.52. The Morgan fingerprint density at radius 2 is 2.45 bits per heavy atom. The molecule has 0 radical (unpaired) electrons. The second-order valence-corrected chi connectivity index (χ2v) is 2.24. The molecule has 1 aromatic heterocycles. The molecule has 0 unspecified atom stereocenters. The van der Waals surface area contributed by atoms with Crippen LogP contribution in [0.1, 0.15) is 12.5 Å². The summed E-state index contributed by atoms with van der Waals surface area (Å²) in [4.78, 5) is 3.85. The Morgan fingerprint density at radius 3 is 3.00 bits per heavy atom. The molecule has 3 heteroatoms. The Balaban J connectivity index is 3.15. The van der Waals surface area contributed by atoms with Crippen LogP contribution >= 0.6 is 0 Å². The SMILES string of the molecule is C=Nc1c(C)cnn1/C=C\C. The number of hydrogen-bond donors (Lipinski definition) is 0. The lowest BCUT2D eigenvalue weighted by Crippen LogP contribution is -1.86. The van der Waals surface area contributed by atoms with Crippen molar-refractivity contribution >= 4 is 18.7 Å². The van der Waals surface area contributed by atoms with Gasteiger partial charge in [-0.25, -0.2) is 9.67 Å². The maximum Gasteiger partial charge on any atom is 0.157 e. The maximum absolute atomic E-state index is 4.07. The summed E-state index contributed by atoms with van der Waals surface area (Å²) in [5.41, 5.74) is 1.04. The van der Waals surface area contributed by atoms with E-state index in [0.717, 1.165) is 11.4 Å². The zero-order valence-corrected chi connectivity index (χ0v) is 6.78. The smallest absolute Gasteiger partial charge is 0.157 e. The highest BCUT2D eigenvalue weighted by molar-refractivity contribution is 5.49. The van der Waals surface area contributed by atoms with Gasteiger partial charge in [-0.3, -0.25) is 0 Å². The normalized spacial score (nSPS) is 10.7. The van der Waals surface area contributed by atoms with Crippen LogP contribution in [-0.2, 0) is 0 Å². The highest BCUT2D eigenvalue weighted by atomic mass is 15.3. The van der Waals surface area contributed by atoms with Gasteiger partial charge >= 0.3 is 0 Å². The van der Waals surface area contributed by atoms with Crippen LogP contribution in [0.4, 0.5) is 5.82 Å². The molecule has 0 aliphatic heterocycles. The summed E-state index contributed by atoms with van der Waals surface area (Å²) in [5.74, 6) is 0.808. The van der Waals surface area contributed by atoms with Gasteiger partial charge in [0, 0.05) is 11.8 Å². The third kappa shape index (κ3) is 1.37. The van der Waals surface area contributed by atoms with Crippen molar-refractivity contribution in [3.63, 3.8) is 0 Å². The number of hydrogen-bond acceptors (Lipinski definition) is 2. The molecule has 0 spiro atoms. The molecule has 0 saturated heterocycles. The Hall–Kier alpha value is -1.38. The van der Waals surface area contributed by atoms with Crippen molar-refractivity contribution in [3.05, 3.63) is 17.8 Å². The highest BCUT2D eigenvalue weighted by Crippen LogP contribution is 2.16. The van der Waals surface area contributed by atoms with Gasteiger partial charge in [-0.05, 0) is 20.6 Å². The fraction of sp³-hybridized carbons (Fsp3) is 0.250. The molecule has 0 aromatic carbocycles. The largest absolute Gasteiger partial charge is 0.245 e. The molecule has 0 N–H and O–H groups in total. The van der Waals surface area contributed by atoms with Crippen molar-refractivity contribution in [3.8, 4) is 0 Å². The molecule has 1 aromatic rings. The molecule has 3 nitrogen and oxygen atoms in total. The lowest BCUT2D eigenvalue weighted by atomic mass is 10.4. The number of allylic oxidation sites excluding steroid dienone is 1. The minimum absolute atomic E-state index is 0.808. The summed E-state index contributed by atoms with van der Waals surface area (Å²) in [6, 6.07) is 0. The monoisotopic (exact) mass is 149 g/mol. The molecule has 0 fully saturated rings. The van der Waals surface area contributed by atoms with Crippen LogP contribution in [0.25, 0.3) is 6.20 Å². The van der Waals surface area contributed by atoms with Crippen LogP contribution in [0, 0.1) is 6.92 Å². The van der Waals surface area contributed by atoms with E-state index in [0.29, 0.717) is 0 Å². The van der Waals surface area contributed by atoms with Crippen molar-refractivity contribution in [1.82, 2.24) is 9.78 Å². The van der Waals surface area contributed by atoms with E-state index in [-0.39, 0.29) is 0 Å². The van der Waals surface area contributed by atoms with Gasteiger partial charge in [0.1, 0.15) is 0 Å². The first-order valence-corrected chi connectivity index (χ1v) is 3.43. The van der Waals surface area contributed by atoms with Gasteiger partial charge in [-0.15, -0.1) is 0 Å². The predicted molar refractivity (Wildman–Crippen MR) is 47.2 cm³/mol. The Morgan fingerprint density at radius 1 is 1.73 bits per heavy atom. The predicted octanol–water partition coefficient (Wildman–Crippen LogP) is 2.01. The molecule has 1 rings (SSSR count). The van der Waals surface area contributed by atoms with Gasteiger partial charge in [-0.1, -0.05) is 6.08 Å². The van der Waals surface area contributed by atoms with Gasteiger partial charge in [0.05, 0.1) is 6.20 Å². The summed E-state index contributed by atoms with van der Waals surface area (Å²) in [6.45, 7) is 7.35. The molecular formula is C8H11N3. The van der Waals surface area contributed by atoms with Crippen LogP contribution in [0.5, 0.6) is 0 Å². The molecule has 0 saturated carbocycles. The lowest BCUT2D eigenvalue weighted by Gasteiger charge is -1.94. The van der Waals surface area contributed by atoms with E-state index in [1.165, 1.54) is 0 Å². The Bertz CT molecular complexity index is 284. The van der Waals surface area contributed by atoms with E-state index in [2.05, 4.69) is 16.8 Å². The van der Waals surface area contributed by atoms with Gasteiger partial charge in [0.25, 0.3) is 0 Å². The average Bonchev–Trinajstić information content (AvgIpc) is 2.33. The van der Waals surface area contributed by atoms with Gasteiger partial charge in [-0.2, -0.15) is 5.10 Å². The van der Waals surface area contributed by atoms with E-state index in [4.69, 9.17) is 0 Å². The van der Waals surface area contributed by atoms with Crippen molar-refractivity contribution < 1.29 is 0 Å². The minimum atomic E-state index is 0.808. The highest BCUT2D eigenvalue weighted by Gasteiger charge is 2.00. The van der Waals surface area contributed by atoms with Crippen LogP contribution in [-0.4, -0.2) is 16.5 Å². The van der Waals surface area contributed by atoms with E-state index in [1.807, 2.05) is 26.1 Å². The summed E-state index contributed by atoms with van der Waals surface area (Å²) in [5, 5.41) is 4.07. The van der Waals surface area contributed by atoms with Crippen LogP contribution in [0.3, 0.4) is 0 Å². The number of aliphatic imine (C=N–C) groups is 1. The number of rotatable bonds is 2. The maximum atomic E-state index is 4.07. The molecule has 0 bridgehead atoms. The molecule has 1 heterocycles. The first-order valence-electron chi connectivity index (χ1n) is 3.43. The third-order valence-corrected chi connectivity index (χ3v) is 1.39. The number of nitrogens with zero attached hydrogens (tertiary/aromatic N) is 3. The van der Waals surface area contributed by atoms with E-state index >= 15 is 0 Å². The van der Waals surface area contributed by atoms with Gasteiger partial charge in [0.2, 0.25) is 0 Å². The third-order valence-electron chi connectivity index (χ3n) is 1.39. The standard InChI is InChI=1S/C8H11N3/c1-4-5-11-8(9-3)7(2)6-10-11/h4-6H,3H2,1-2H3/b5-4-. The van der Waals surface area contributed by atoms with E-state index in [1.54, 1.807) is 10.9 Å². The average molecular weight is 149 g/mol. The van der Waals surface area contributed by atoms with Crippen LogP contribution < -0.4 is 0 Å². The minimum Gasteiger partial charge on any atom is -0.245 e. The molecule has 58 valence electrons. The van der Waals surface area contributed by atoms with Crippen LogP contribution in [0.15, 0.2) is 17.3 Å². The Kier molecular flexibility index (Phi) is 2.21. The first kappa shape index (κ1) is 7.72. The fourth-order valence-corrected chi connectivity index (χ4v) is 0.889. The van der Waals surface area contributed by atoms with Gasteiger partial charge in [0.15, 0.2) is 5.82 Å². The van der Waals surface area contributed by atoms with Crippen molar-refractivity contribution in [2.45, 2.75) is 13.8 Å². The zero-order valence-electron chi connectivity index (χ0n) is 6.78. The Labute approximate surface area is 66.1 Å². The number of aromatic nitrogens is 2. The van der Waals surface area contributed by atoms with E-state index in [9.17, 15) is 0 Å². The fourth-order valence-electron chi connectivity index (χ4n) is 0.889. The lowest BCUT2D eigenvalue weighted by molar-refractivity contribution is 0.933. The summed E-state index contributed by atoms with van der Waals surface area (Å²) >= 11 is 0. The molecular weight excluding hydrogens is 138 g/mol. The quantitative estimate of drug-likeness (QED) is 0.591. The van der Waals surface area contributed by atoms with Crippen molar-refractivity contribution in [2.75, 3.05) is 0 Å². The topological polar surface area (TPSA) is 30.2 Å². The first-order chi connectivity index (χ1) is 5.29. The second kappa shape index (κ2) is 3.14. The molecule has 0 atom stereocenters. The van der Waals surface area contributed by atoms with Crippen LogP contribution in [0.2, 0.25) is 0 Å². The molecule has 11 heavy (non-hydrogen) atoms. The zero-order chi connectivity index (χ0) is 8.27. The second-order valence-electron chi connectivity index (χ2n) is 2.24. The molecule has 0 amide bonds. The summed E-state index contributed by atoms with van der Waals surface area (Å²) < 4.78 is 1.70. The van der Waals surface area contributed by atoms with Crippen molar-refractivity contribution in [1.29, 1.82) is 0 Å². The van der Waals surface area contributed by atoms with Gasteiger partial charge < -0.3 is 0 Å². The molecule has 0 aliphatic rings. The molecule has 0 aliphatic carbocycles.